The highest BCUT2D eigenvalue weighted by Crippen LogP contribution is 2.44. The van der Waals surface area contributed by atoms with Gasteiger partial charge >= 0.3 is 0 Å². The van der Waals surface area contributed by atoms with Gasteiger partial charge in [-0.2, -0.15) is 0 Å². The number of carbonyl (C=O) groups excluding carboxylic acids is 1. The first-order valence-electron chi connectivity index (χ1n) is 10.0. The zero-order chi connectivity index (χ0) is 19.6. The standard InChI is InChI=1S/C23H28N2O3.ClH/c1-22(24,17-7-3-2-4-8-17)21(26)25-16-23(11-5-6-12-23)18-9-10-19-20(15-18)28-14-13-27-19;/h2-4,7-10,15H,5-6,11-14,16,24H2,1H3,(H,25,26);1H. The molecule has 4 rings (SSSR count). The van der Waals surface area contributed by atoms with Gasteiger partial charge in [-0.25, -0.2) is 0 Å². The highest BCUT2D eigenvalue weighted by atomic mass is 35.5. The first kappa shape index (κ1) is 21.5. The summed E-state index contributed by atoms with van der Waals surface area (Å²) in [5.74, 6) is 1.45. The Labute approximate surface area is 178 Å². The first-order chi connectivity index (χ1) is 13.5. The van der Waals surface area contributed by atoms with Gasteiger partial charge in [0.2, 0.25) is 5.91 Å². The van der Waals surface area contributed by atoms with Gasteiger partial charge in [0.25, 0.3) is 0 Å². The maximum absolute atomic E-state index is 12.9. The number of hydrogen-bond acceptors (Lipinski definition) is 4. The molecule has 3 N–H and O–H groups in total. The monoisotopic (exact) mass is 416 g/mol. The van der Waals surface area contributed by atoms with Crippen molar-refractivity contribution < 1.29 is 14.3 Å². The minimum Gasteiger partial charge on any atom is -0.486 e. The lowest BCUT2D eigenvalue weighted by molar-refractivity contribution is -0.126. The molecule has 1 aliphatic carbocycles. The summed E-state index contributed by atoms with van der Waals surface area (Å²) in [5, 5.41) is 3.15. The Hall–Kier alpha value is -2.24. The second-order valence-corrected chi connectivity index (χ2v) is 8.10. The number of ether oxygens (including phenoxy) is 2. The summed E-state index contributed by atoms with van der Waals surface area (Å²) >= 11 is 0. The van der Waals surface area contributed by atoms with Crippen molar-refractivity contribution in [3.8, 4) is 11.5 Å². The third-order valence-corrected chi connectivity index (χ3v) is 6.15. The Morgan fingerprint density at radius 2 is 1.72 bits per heavy atom. The van der Waals surface area contributed by atoms with E-state index in [0.717, 1.165) is 42.7 Å². The number of nitrogens with two attached hydrogens (primary N) is 1. The fourth-order valence-corrected chi connectivity index (χ4v) is 4.34. The quantitative estimate of drug-likeness (QED) is 0.779. The number of hydrogen-bond donors (Lipinski definition) is 2. The molecule has 0 saturated heterocycles. The van der Waals surface area contributed by atoms with E-state index >= 15 is 0 Å². The lowest BCUT2D eigenvalue weighted by Gasteiger charge is -2.33. The SMILES string of the molecule is CC(N)(C(=O)NCC1(c2ccc3c(c2)OCCO3)CCCC1)c1ccccc1.Cl. The molecule has 5 nitrogen and oxygen atoms in total. The van der Waals surface area contributed by atoms with Crippen molar-refractivity contribution in [1.82, 2.24) is 5.32 Å². The van der Waals surface area contributed by atoms with Crippen LogP contribution >= 0.6 is 12.4 Å². The molecule has 1 heterocycles. The van der Waals surface area contributed by atoms with Gasteiger partial charge in [0.15, 0.2) is 11.5 Å². The van der Waals surface area contributed by atoms with Crippen LogP contribution in [0.3, 0.4) is 0 Å². The van der Waals surface area contributed by atoms with Crippen LogP contribution in [0.25, 0.3) is 0 Å². The van der Waals surface area contributed by atoms with Gasteiger partial charge in [-0.1, -0.05) is 49.2 Å². The van der Waals surface area contributed by atoms with Crippen LogP contribution < -0.4 is 20.5 Å². The molecule has 2 aromatic rings. The van der Waals surface area contributed by atoms with Crippen LogP contribution in [0, 0.1) is 0 Å². The van der Waals surface area contributed by atoms with Crippen molar-refractivity contribution in [3.05, 3.63) is 59.7 Å². The molecule has 1 amide bonds. The molecule has 2 aliphatic rings. The van der Waals surface area contributed by atoms with Crippen molar-refractivity contribution in [1.29, 1.82) is 0 Å². The first-order valence-corrected chi connectivity index (χ1v) is 10.0. The molecule has 1 aliphatic heterocycles. The Kier molecular flexibility index (Phi) is 6.39. The summed E-state index contributed by atoms with van der Waals surface area (Å²) in [6, 6.07) is 15.7. The normalized spacial score (nSPS) is 19.0. The number of carbonyl (C=O) groups is 1. The van der Waals surface area contributed by atoms with E-state index in [2.05, 4.69) is 17.4 Å². The molecule has 1 unspecified atom stereocenters. The molecular weight excluding hydrogens is 388 g/mol. The second-order valence-electron chi connectivity index (χ2n) is 8.10. The van der Waals surface area contributed by atoms with Crippen molar-refractivity contribution in [2.45, 2.75) is 43.6 Å². The van der Waals surface area contributed by atoms with Gasteiger partial charge in [0, 0.05) is 12.0 Å². The van der Waals surface area contributed by atoms with Crippen LogP contribution in [0.1, 0.15) is 43.7 Å². The molecular formula is C23H29ClN2O3. The third-order valence-electron chi connectivity index (χ3n) is 6.15. The number of amides is 1. The topological polar surface area (TPSA) is 73.6 Å². The number of rotatable bonds is 5. The predicted octanol–water partition coefficient (Wildman–Crippen LogP) is 3.68. The second kappa shape index (κ2) is 8.64. The summed E-state index contributed by atoms with van der Waals surface area (Å²) in [7, 11) is 0. The molecule has 1 atom stereocenters. The van der Waals surface area contributed by atoms with E-state index in [4.69, 9.17) is 15.2 Å². The van der Waals surface area contributed by atoms with Crippen molar-refractivity contribution in [3.63, 3.8) is 0 Å². The minimum atomic E-state index is -1.06. The van der Waals surface area contributed by atoms with Crippen molar-refractivity contribution in [2.75, 3.05) is 19.8 Å². The zero-order valence-corrected chi connectivity index (χ0v) is 17.6. The van der Waals surface area contributed by atoms with Crippen molar-refractivity contribution >= 4 is 18.3 Å². The van der Waals surface area contributed by atoms with E-state index in [0.29, 0.717) is 19.8 Å². The maximum Gasteiger partial charge on any atom is 0.244 e. The Morgan fingerprint density at radius 1 is 1.07 bits per heavy atom. The van der Waals surface area contributed by atoms with Crippen LogP contribution in [0.5, 0.6) is 11.5 Å². The highest BCUT2D eigenvalue weighted by molar-refractivity contribution is 5.87. The van der Waals surface area contributed by atoms with E-state index < -0.39 is 5.54 Å². The molecule has 2 aromatic carbocycles. The largest absolute Gasteiger partial charge is 0.486 e. The van der Waals surface area contributed by atoms with Crippen LogP contribution in [-0.2, 0) is 15.7 Å². The number of fused-ring (bicyclic) bond motifs is 1. The van der Waals surface area contributed by atoms with Gasteiger partial charge < -0.3 is 20.5 Å². The summed E-state index contributed by atoms with van der Waals surface area (Å²) < 4.78 is 11.4. The number of halogens is 1. The van der Waals surface area contributed by atoms with Crippen LogP contribution in [-0.4, -0.2) is 25.7 Å². The molecule has 0 bridgehead atoms. The zero-order valence-electron chi connectivity index (χ0n) is 16.8. The molecule has 29 heavy (non-hydrogen) atoms. The van der Waals surface area contributed by atoms with Gasteiger partial charge in [0.05, 0.1) is 0 Å². The van der Waals surface area contributed by atoms with Crippen LogP contribution in [0.4, 0.5) is 0 Å². The average Bonchev–Trinajstić information content (AvgIpc) is 3.22. The predicted molar refractivity (Wildman–Crippen MR) is 116 cm³/mol. The number of nitrogens with one attached hydrogen (secondary N) is 1. The van der Waals surface area contributed by atoms with E-state index in [9.17, 15) is 4.79 Å². The van der Waals surface area contributed by atoms with Crippen LogP contribution in [0.2, 0.25) is 0 Å². The highest BCUT2D eigenvalue weighted by Gasteiger charge is 2.39. The van der Waals surface area contributed by atoms with Gasteiger partial charge in [-0.15, -0.1) is 12.4 Å². The Balaban J connectivity index is 0.00000240. The molecule has 0 radical (unpaired) electrons. The smallest absolute Gasteiger partial charge is 0.244 e. The molecule has 0 spiro atoms. The summed E-state index contributed by atoms with van der Waals surface area (Å²) in [5.41, 5.74) is 7.26. The Morgan fingerprint density at radius 3 is 2.41 bits per heavy atom. The summed E-state index contributed by atoms with van der Waals surface area (Å²) in [4.78, 5) is 12.9. The van der Waals surface area contributed by atoms with Gasteiger partial charge in [-0.3, -0.25) is 4.79 Å². The number of benzene rings is 2. The molecule has 6 heteroatoms. The molecule has 1 fully saturated rings. The van der Waals surface area contributed by atoms with E-state index in [-0.39, 0.29) is 23.7 Å². The molecule has 1 saturated carbocycles. The Bertz CT molecular complexity index is 848. The van der Waals surface area contributed by atoms with E-state index in [1.54, 1.807) is 6.92 Å². The maximum atomic E-state index is 12.9. The minimum absolute atomic E-state index is 0. The lowest BCUT2D eigenvalue weighted by atomic mass is 9.78. The van der Waals surface area contributed by atoms with Gasteiger partial charge in [-0.05, 0) is 43.0 Å². The summed E-state index contributed by atoms with van der Waals surface area (Å²) in [6.07, 6.45) is 4.39. The fourth-order valence-electron chi connectivity index (χ4n) is 4.34. The van der Waals surface area contributed by atoms with Crippen LogP contribution in [0.15, 0.2) is 48.5 Å². The fraction of sp³-hybridized carbons (Fsp3) is 0.435. The average molecular weight is 417 g/mol. The van der Waals surface area contributed by atoms with E-state index in [1.807, 2.05) is 36.4 Å². The lowest BCUT2D eigenvalue weighted by Crippen LogP contribution is -2.52. The molecule has 156 valence electrons. The van der Waals surface area contributed by atoms with Gasteiger partial charge in [0.1, 0.15) is 18.8 Å². The van der Waals surface area contributed by atoms with Crippen molar-refractivity contribution in [2.24, 2.45) is 5.73 Å². The molecule has 0 aromatic heterocycles. The summed E-state index contributed by atoms with van der Waals surface area (Å²) in [6.45, 7) is 3.50. The van der Waals surface area contributed by atoms with E-state index in [1.165, 1.54) is 5.56 Å². The third kappa shape index (κ3) is 4.21.